The lowest BCUT2D eigenvalue weighted by molar-refractivity contribution is 0.0363. The predicted octanol–water partition coefficient (Wildman–Crippen LogP) is 0.922. The van der Waals surface area contributed by atoms with Gasteiger partial charge in [0.25, 0.3) is 0 Å². The van der Waals surface area contributed by atoms with Gasteiger partial charge in [-0.15, -0.1) is 0 Å². The largest absolute Gasteiger partial charge is 0.504 e. The van der Waals surface area contributed by atoms with Gasteiger partial charge in [-0.05, 0) is 12.1 Å². The van der Waals surface area contributed by atoms with E-state index in [9.17, 15) is 5.11 Å². The molecular formula is C9H13NO3. The lowest BCUT2D eigenvalue weighted by Crippen LogP contribution is -2.14. The highest BCUT2D eigenvalue weighted by Crippen LogP contribution is 2.23. The number of benzene rings is 1. The normalized spacial score (nSPS) is 9.92. The van der Waals surface area contributed by atoms with Crippen LogP contribution in [-0.2, 0) is 4.84 Å². The molecule has 72 valence electrons. The number of nitrogens with one attached hydrogen (secondary N) is 1. The predicted molar refractivity (Wildman–Crippen MR) is 48.6 cm³/mol. The van der Waals surface area contributed by atoms with E-state index in [1.165, 1.54) is 0 Å². The molecule has 0 unspecified atom stereocenters. The molecule has 0 atom stereocenters. The first-order valence-corrected chi connectivity index (χ1v) is 4.04. The van der Waals surface area contributed by atoms with Gasteiger partial charge in [0.1, 0.15) is 13.2 Å². The first kappa shape index (κ1) is 9.83. The van der Waals surface area contributed by atoms with Crippen LogP contribution in [0.25, 0.3) is 0 Å². The van der Waals surface area contributed by atoms with Crippen LogP contribution in [-0.4, -0.2) is 25.4 Å². The fourth-order valence-corrected chi connectivity index (χ4v) is 0.875. The minimum Gasteiger partial charge on any atom is -0.504 e. The second-order valence-corrected chi connectivity index (χ2v) is 2.37. The number of phenols is 1. The fourth-order valence-electron chi connectivity index (χ4n) is 0.875. The molecular weight excluding hydrogens is 170 g/mol. The summed E-state index contributed by atoms with van der Waals surface area (Å²) >= 11 is 0. The number of aromatic hydroxyl groups is 1. The summed E-state index contributed by atoms with van der Waals surface area (Å²) in [5.74, 6) is 0.620. The second kappa shape index (κ2) is 5.40. The summed E-state index contributed by atoms with van der Waals surface area (Å²) in [5.41, 5.74) is 2.53. The van der Waals surface area contributed by atoms with Gasteiger partial charge in [0.2, 0.25) is 0 Å². The summed E-state index contributed by atoms with van der Waals surface area (Å²) in [5, 5.41) is 9.29. The van der Waals surface area contributed by atoms with E-state index in [0.29, 0.717) is 19.0 Å². The molecule has 0 radical (unpaired) electrons. The summed E-state index contributed by atoms with van der Waals surface area (Å²) in [6.07, 6.45) is 0. The Morgan fingerprint density at radius 1 is 1.31 bits per heavy atom. The van der Waals surface area contributed by atoms with Crippen molar-refractivity contribution < 1.29 is 14.7 Å². The van der Waals surface area contributed by atoms with Crippen LogP contribution in [0.3, 0.4) is 0 Å². The van der Waals surface area contributed by atoms with Gasteiger partial charge in [0.15, 0.2) is 11.5 Å². The molecule has 1 rings (SSSR count). The third kappa shape index (κ3) is 3.31. The van der Waals surface area contributed by atoms with Gasteiger partial charge in [0, 0.05) is 7.05 Å². The molecule has 0 aromatic heterocycles. The average molecular weight is 183 g/mol. The Hall–Kier alpha value is -1.26. The zero-order valence-corrected chi connectivity index (χ0v) is 7.49. The van der Waals surface area contributed by atoms with Crippen molar-refractivity contribution in [2.75, 3.05) is 20.3 Å². The molecule has 4 nitrogen and oxygen atoms in total. The maximum atomic E-state index is 9.29. The van der Waals surface area contributed by atoms with Gasteiger partial charge in [-0.1, -0.05) is 12.1 Å². The highest BCUT2D eigenvalue weighted by molar-refractivity contribution is 5.37. The number of phenolic OH excluding ortho intramolecular Hbond substituents is 1. The van der Waals surface area contributed by atoms with Gasteiger partial charge >= 0.3 is 0 Å². The Labute approximate surface area is 77.1 Å². The minimum atomic E-state index is 0.145. The van der Waals surface area contributed by atoms with Crippen molar-refractivity contribution in [3.8, 4) is 11.5 Å². The maximum Gasteiger partial charge on any atom is 0.161 e. The van der Waals surface area contributed by atoms with E-state index in [-0.39, 0.29) is 5.75 Å². The quantitative estimate of drug-likeness (QED) is 0.526. The molecule has 4 heteroatoms. The van der Waals surface area contributed by atoms with E-state index in [2.05, 4.69) is 5.48 Å². The smallest absolute Gasteiger partial charge is 0.161 e. The Bertz CT molecular complexity index is 252. The van der Waals surface area contributed by atoms with Crippen molar-refractivity contribution >= 4 is 0 Å². The van der Waals surface area contributed by atoms with E-state index < -0.39 is 0 Å². The lowest BCUT2D eigenvalue weighted by Gasteiger charge is -2.06. The second-order valence-electron chi connectivity index (χ2n) is 2.37. The number of para-hydroxylation sites is 2. The van der Waals surface area contributed by atoms with Crippen LogP contribution in [0.5, 0.6) is 11.5 Å². The molecule has 0 heterocycles. The number of hydrogen-bond acceptors (Lipinski definition) is 4. The topological polar surface area (TPSA) is 50.7 Å². The molecule has 0 saturated heterocycles. The molecule has 1 aromatic carbocycles. The zero-order chi connectivity index (χ0) is 9.52. The van der Waals surface area contributed by atoms with Crippen LogP contribution in [0.4, 0.5) is 0 Å². The van der Waals surface area contributed by atoms with Gasteiger partial charge in [0.05, 0.1) is 0 Å². The number of rotatable bonds is 5. The van der Waals surface area contributed by atoms with Gasteiger partial charge in [-0.3, -0.25) is 4.84 Å². The number of ether oxygens (including phenoxy) is 1. The Morgan fingerprint density at radius 3 is 2.77 bits per heavy atom. The van der Waals surface area contributed by atoms with Gasteiger partial charge in [-0.2, -0.15) is 0 Å². The van der Waals surface area contributed by atoms with Gasteiger partial charge in [-0.25, -0.2) is 5.48 Å². The number of hydroxylamine groups is 1. The monoisotopic (exact) mass is 183 g/mol. The summed E-state index contributed by atoms with van der Waals surface area (Å²) in [7, 11) is 1.68. The van der Waals surface area contributed by atoms with Gasteiger partial charge < -0.3 is 9.84 Å². The molecule has 0 fully saturated rings. The third-order valence-corrected chi connectivity index (χ3v) is 1.45. The third-order valence-electron chi connectivity index (χ3n) is 1.45. The summed E-state index contributed by atoms with van der Waals surface area (Å²) in [6.45, 7) is 0.837. The summed E-state index contributed by atoms with van der Waals surface area (Å²) in [6, 6.07) is 6.82. The molecule has 1 aromatic rings. The molecule has 0 spiro atoms. The first-order chi connectivity index (χ1) is 6.34. The van der Waals surface area contributed by atoms with Crippen molar-refractivity contribution in [3.63, 3.8) is 0 Å². The summed E-state index contributed by atoms with van der Waals surface area (Å²) in [4.78, 5) is 4.84. The molecule has 0 saturated carbocycles. The maximum absolute atomic E-state index is 9.29. The minimum absolute atomic E-state index is 0.145. The van der Waals surface area contributed by atoms with Crippen molar-refractivity contribution in [1.29, 1.82) is 0 Å². The van der Waals surface area contributed by atoms with E-state index in [4.69, 9.17) is 9.57 Å². The highest BCUT2D eigenvalue weighted by atomic mass is 16.7. The van der Waals surface area contributed by atoms with Crippen LogP contribution in [0.1, 0.15) is 0 Å². The van der Waals surface area contributed by atoms with Crippen LogP contribution < -0.4 is 10.2 Å². The van der Waals surface area contributed by atoms with Crippen LogP contribution in [0.15, 0.2) is 24.3 Å². The fraction of sp³-hybridized carbons (Fsp3) is 0.333. The van der Waals surface area contributed by atoms with Crippen LogP contribution in [0.2, 0.25) is 0 Å². The Kier molecular flexibility index (Phi) is 4.08. The van der Waals surface area contributed by atoms with E-state index >= 15 is 0 Å². The van der Waals surface area contributed by atoms with Crippen LogP contribution in [0, 0.1) is 0 Å². The van der Waals surface area contributed by atoms with Crippen molar-refractivity contribution in [2.45, 2.75) is 0 Å². The van der Waals surface area contributed by atoms with Crippen molar-refractivity contribution in [1.82, 2.24) is 5.48 Å². The SMILES string of the molecule is CNOCCOc1ccccc1O. The van der Waals surface area contributed by atoms with E-state index in [1.54, 1.807) is 31.3 Å². The standard InChI is InChI=1S/C9H13NO3/c1-10-13-7-6-12-9-5-3-2-4-8(9)11/h2-5,10-11H,6-7H2,1H3. The zero-order valence-electron chi connectivity index (χ0n) is 7.49. The van der Waals surface area contributed by atoms with E-state index in [0.717, 1.165) is 0 Å². The Balaban J connectivity index is 2.32. The molecule has 0 amide bonds. The highest BCUT2D eigenvalue weighted by Gasteiger charge is 1.98. The Morgan fingerprint density at radius 2 is 2.08 bits per heavy atom. The molecule has 13 heavy (non-hydrogen) atoms. The van der Waals surface area contributed by atoms with E-state index in [1.807, 2.05) is 0 Å². The lowest BCUT2D eigenvalue weighted by atomic mass is 10.3. The molecule has 0 bridgehead atoms. The molecule has 0 aliphatic heterocycles. The molecule has 0 aliphatic rings. The van der Waals surface area contributed by atoms with Crippen molar-refractivity contribution in [2.24, 2.45) is 0 Å². The molecule has 2 N–H and O–H groups in total. The summed E-state index contributed by atoms with van der Waals surface area (Å²) < 4.78 is 5.22. The number of hydrogen-bond donors (Lipinski definition) is 2. The first-order valence-electron chi connectivity index (χ1n) is 4.04. The average Bonchev–Trinajstić information content (AvgIpc) is 2.15. The van der Waals surface area contributed by atoms with Crippen LogP contribution >= 0.6 is 0 Å². The molecule has 0 aliphatic carbocycles. The van der Waals surface area contributed by atoms with Crippen molar-refractivity contribution in [3.05, 3.63) is 24.3 Å².